The number of hydrogen-bond acceptors (Lipinski definition) is 5. The molecule has 3 heterocycles. The average Bonchev–Trinajstić information content (AvgIpc) is 3.51. The summed E-state index contributed by atoms with van der Waals surface area (Å²) in [6.45, 7) is 2.41. The molecule has 2 aromatic heterocycles. The van der Waals surface area contributed by atoms with Crippen LogP contribution in [0.15, 0.2) is 54.6 Å². The van der Waals surface area contributed by atoms with Crippen LogP contribution in [0, 0.1) is 0 Å². The first kappa shape index (κ1) is 26.0. The number of rotatable bonds is 9. The number of halogens is 3. The van der Waals surface area contributed by atoms with E-state index >= 15 is 4.39 Å². The van der Waals surface area contributed by atoms with Crippen LogP contribution in [0.3, 0.4) is 0 Å². The number of likely N-dealkylation sites (tertiary alicyclic amines) is 1. The highest BCUT2D eigenvalue weighted by Crippen LogP contribution is 2.38. The summed E-state index contributed by atoms with van der Waals surface area (Å²) in [4.78, 5) is 2.28. The number of alkyl halides is 3. The monoisotopic (exact) mass is 526 g/mol. The Hall–Kier alpha value is -3.66. The summed E-state index contributed by atoms with van der Waals surface area (Å²) >= 11 is 0. The zero-order valence-electron chi connectivity index (χ0n) is 21.8. The maximum atomic E-state index is 15.1. The van der Waals surface area contributed by atoms with Crippen molar-refractivity contribution in [3.63, 3.8) is 0 Å². The normalized spacial score (nSPS) is 15.8. The molecule has 202 valence electrons. The number of methoxy groups -OCH3 is 1. The van der Waals surface area contributed by atoms with E-state index in [0.717, 1.165) is 47.5 Å². The molecule has 0 aliphatic carbocycles. The van der Waals surface area contributed by atoms with E-state index < -0.39 is 12.7 Å². The van der Waals surface area contributed by atoms with Gasteiger partial charge in [-0.1, -0.05) is 18.2 Å². The number of hydrogen-bond donors (Lipinski definition) is 2. The Morgan fingerprint density at radius 2 is 1.79 bits per heavy atom. The third kappa shape index (κ3) is 5.18. The minimum atomic E-state index is -3.18. The van der Waals surface area contributed by atoms with Crippen molar-refractivity contribution in [1.82, 2.24) is 19.2 Å². The molecule has 1 atom stereocenters. The Morgan fingerprint density at radius 1 is 1.05 bits per heavy atom. The molecule has 0 amide bonds. The Kier molecular flexibility index (Phi) is 7.51. The van der Waals surface area contributed by atoms with Gasteiger partial charge in [0.05, 0.1) is 24.9 Å². The fraction of sp³-hybridized carbons (Fsp3) is 0.393. The Morgan fingerprint density at radius 3 is 2.45 bits per heavy atom. The van der Waals surface area contributed by atoms with E-state index in [9.17, 15) is 8.78 Å². The summed E-state index contributed by atoms with van der Waals surface area (Å²) in [5, 5.41) is 12.1. The van der Waals surface area contributed by atoms with Crippen molar-refractivity contribution in [1.29, 1.82) is 0 Å². The molecule has 2 N–H and O–H groups in total. The highest BCUT2D eigenvalue weighted by Gasteiger charge is 2.28. The second-order valence-electron chi connectivity index (χ2n) is 9.74. The van der Waals surface area contributed by atoms with Gasteiger partial charge in [-0.2, -0.15) is 5.10 Å². The van der Waals surface area contributed by atoms with Crippen molar-refractivity contribution in [2.45, 2.75) is 38.1 Å². The lowest BCUT2D eigenvalue weighted by Crippen LogP contribution is -2.36. The molecular weight excluding hydrogens is 493 g/mol. The van der Waals surface area contributed by atoms with Crippen molar-refractivity contribution < 1.29 is 17.9 Å². The molecule has 1 aliphatic rings. The second-order valence-corrected chi connectivity index (χ2v) is 9.74. The molecule has 7 nitrogen and oxygen atoms in total. The van der Waals surface area contributed by atoms with E-state index in [1.54, 1.807) is 43.1 Å². The van der Waals surface area contributed by atoms with Crippen LogP contribution in [0.1, 0.15) is 24.7 Å². The third-order valence-electron chi connectivity index (χ3n) is 7.21. The molecule has 1 saturated heterocycles. The van der Waals surface area contributed by atoms with Gasteiger partial charge in [0.2, 0.25) is 6.30 Å². The van der Waals surface area contributed by atoms with Gasteiger partial charge >= 0.3 is 0 Å². The van der Waals surface area contributed by atoms with Gasteiger partial charge in [-0.3, -0.25) is 0 Å². The largest absolute Gasteiger partial charge is 0.497 e. The summed E-state index contributed by atoms with van der Waals surface area (Å²) in [7, 11) is 5.48. The first-order chi connectivity index (χ1) is 18.4. The fourth-order valence-electron chi connectivity index (χ4n) is 5.09. The van der Waals surface area contributed by atoms with Crippen LogP contribution in [0.4, 0.5) is 24.7 Å². The molecule has 0 saturated carbocycles. The summed E-state index contributed by atoms with van der Waals surface area (Å²) in [5.41, 5.74) is 2.91. The van der Waals surface area contributed by atoms with Crippen molar-refractivity contribution in [3.05, 3.63) is 60.2 Å². The van der Waals surface area contributed by atoms with Gasteiger partial charge < -0.3 is 24.8 Å². The van der Waals surface area contributed by atoms with Crippen molar-refractivity contribution in [2.75, 3.05) is 44.9 Å². The van der Waals surface area contributed by atoms with Crippen molar-refractivity contribution in [2.24, 2.45) is 0 Å². The van der Waals surface area contributed by atoms with Gasteiger partial charge in [0.1, 0.15) is 17.3 Å². The third-order valence-corrected chi connectivity index (χ3v) is 7.21. The van der Waals surface area contributed by atoms with E-state index in [0.29, 0.717) is 34.7 Å². The molecule has 2 aromatic carbocycles. The molecule has 4 aromatic rings. The smallest absolute Gasteiger partial charge is 0.288 e. The van der Waals surface area contributed by atoms with Gasteiger partial charge in [0.15, 0.2) is 0 Å². The van der Waals surface area contributed by atoms with Crippen LogP contribution in [0.5, 0.6) is 5.75 Å². The van der Waals surface area contributed by atoms with Crippen molar-refractivity contribution >= 4 is 22.4 Å². The highest BCUT2D eigenvalue weighted by molar-refractivity contribution is 5.96. The van der Waals surface area contributed by atoms with Gasteiger partial charge in [-0.15, -0.1) is 0 Å². The van der Waals surface area contributed by atoms with Gasteiger partial charge in [0, 0.05) is 30.2 Å². The SMILES string of the molecule is CNc1cc(-c2cc3c(NC4CCN(C)CC4)cccc3n2C(F)C(F)F)nn1Cc1ccc(OC)cc1. The zero-order valence-corrected chi connectivity index (χ0v) is 21.8. The summed E-state index contributed by atoms with van der Waals surface area (Å²) in [6.07, 6.45) is -3.74. The molecule has 0 spiro atoms. The van der Waals surface area contributed by atoms with Gasteiger partial charge in [-0.25, -0.2) is 17.9 Å². The van der Waals surface area contributed by atoms with Crippen LogP contribution >= 0.6 is 0 Å². The molecule has 0 radical (unpaired) electrons. The predicted molar refractivity (Wildman–Crippen MR) is 145 cm³/mol. The average molecular weight is 527 g/mol. The zero-order chi connectivity index (χ0) is 26.8. The Bertz CT molecular complexity index is 1380. The van der Waals surface area contributed by atoms with E-state index in [2.05, 4.69) is 22.6 Å². The lowest BCUT2D eigenvalue weighted by atomic mass is 10.0. The summed E-state index contributed by atoms with van der Waals surface area (Å²) in [6, 6.07) is 16.8. The van der Waals surface area contributed by atoms with Crippen LogP contribution in [0.25, 0.3) is 22.3 Å². The number of benzene rings is 2. The fourth-order valence-corrected chi connectivity index (χ4v) is 5.09. The molecule has 1 fully saturated rings. The minimum absolute atomic E-state index is 0.263. The van der Waals surface area contributed by atoms with Crippen LogP contribution in [0.2, 0.25) is 0 Å². The number of fused-ring (bicyclic) bond motifs is 1. The van der Waals surface area contributed by atoms with E-state index in [-0.39, 0.29) is 6.04 Å². The molecule has 1 aliphatic heterocycles. The number of piperidine rings is 1. The van der Waals surface area contributed by atoms with E-state index in [4.69, 9.17) is 9.84 Å². The number of nitrogens with zero attached hydrogens (tertiary/aromatic N) is 4. The maximum absolute atomic E-state index is 15.1. The number of nitrogens with one attached hydrogen (secondary N) is 2. The minimum Gasteiger partial charge on any atom is -0.497 e. The molecule has 5 rings (SSSR count). The molecule has 0 bridgehead atoms. The first-order valence-corrected chi connectivity index (χ1v) is 12.8. The topological polar surface area (TPSA) is 59.3 Å². The summed E-state index contributed by atoms with van der Waals surface area (Å²) < 4.78 is 50.7. The van der Waals surface area contributed by atoms with Gasteiger partial charge in [-0.05, 0) is 68.9 Å². The van der Waals surface area contributed by atoms with E-state index in [1.165, 1.54) is 0 Å². The maximum Gasteiger partial charge on any atom is 0.288 e. The lowest BCUT2D eigenvalue weighted by Gasteiger charge is -2.30. The van der Waals surface area contributed by atoms with Crippen LogP contribution in [-0.4, -0.2) is 66.0 Å². The molecule has 10 heteroatoms. The van der Waals surface area contributed by atoms with Gasteiger partial charge in [0.25, 0.3) is 6.43 Å². The first-order valence-electron chi connectivity index (χ1n) is 12.8. The summed E-state index contributed by atoms with van der Waals surface area (Å²) in [5.74, 6) is 1.43. The predicted octanol–water partition coefficient (Wildman–Crippen LogP) is 5.84. The molecule has 38 heavy (non-hydrogen) atoms. The second kappa shape index (κ2) is 11.0. The van der Waals surface area contributed by atoms with E-state index in [1.807, 2.05) is 30.3 Å². The Labute approximate surface area is 220 Å². The number of ether oxygens (including phenoxy) is 1. The van der Waals surface area contributed by atoms with Crippen LogP contribution in [-0.2, 0) is 6.54 Å². The molecular formula is C28H33F3N6O. The van der Waals surface area contributed by atoms with Crippen molar-refractivity contribution in [3.8, 4) is 17.1 Å². The lowest BCUT2D eigenvalue weighted by molar-refractivity contribution is 0.0115. The van der Waals surface area contributed by atoms with Crippen LogP contribution < -0.4 is 15.4 Å². The number of anilines is 2. The standard InChI is InChI=1S/C28H33F3N6O/c1-32-26-16-23(34-36(26)17-18-7-9-20(38-3)10-8-18)25-15-21-22(33-19-11-13-35(2)14-12-19)5-4-6-24(21)37(25)28(31)27(29)30/h4-10,15-16,19,27-28,32-33H,11-14,17H2,1-3H3. The highest BCUT2D eigenvalue weighted by atomic mass is 19.3. The molecule has 1 unspecified atom stereocenters. The quantitative estimate of drug-likeness (QED) is 0.287. The number of aromatic nitrogens is 3. The Balaban J connectivity index is 1.55.